The van der Waals surface area contributed by atoms with Crippen LogP contribution in [0.15, 0.2) is 0 Å². The molecule has 0 N–H and O–H groups in total. The Hall–Kier alpha value is -0.880. The van der Waals surface area contributed by atoms with Gasteiger partial charge in [-0.15, -0.1) is 11.3 Å². The maximum absolute atomic E-state index is 12.0. The van der Waals surface area contributed by atoms with Crippen LogP contribution in [-0.4, -0.2) is 33.2 Å². The maximum Gasteiger partial charge on any atom is 0.223 e. The number of aromatic nitrogens is 1. The Morgan fingerprint density at radius 2 is 2.26 bits per heavy atom. The summed E-state index contributed by atoms with van der Waals surface area (Å²) in [4.78, 5) is 30.4. The Bertz CT molecular complexity index is 499. The second-order valence-corrected chi connectivity index (χ2v) is 7.37. The number of likely N-dealkylation sites (tertiary alicyclic amines) is 1. The molecule has 0 spiro atoms. The van der Waals surface area contributed by atoms with Crippen LogP contribution < -0.4 is 0 Å². The molecule has 1 atom stereocenters. The highest BCUT2D eigenvalue weighted by Crippen LogP contribution is 2.26. The van der Waals surface area contributed by atoms with E-state index in [4.69, 9.17) is 0 Å². The second kappa shape index (κ2) is 6.05. The molecule has 104 valence electrons. The number of amides is 1. The summed E-state index contributed by atoms with van der Waals surface area (Å²) >= 11 is 2.98. The van der Waals surface area contributed by atoms with Gasteiger partial charge in [-0.05, 0) is 19.8 Å². The largest absolute Gasteiger partial charge is 0.337 e. The molecular formula is C13H18N2O2S2. The van der Waals surface area contributed by atoms with E-state index in [1.54, 1.807) is 18.3 Å². The lowest BCUT2D eigenvalue weighted by Crippen LogP contribution is -2.24. The standard InChI is InChI=1S/C13H18N2O2S2/c1-8-12(19-9(2)14-8)6-15-5-11(4-13(15)17)7-18-10(3)16/h11H,4-7H2,1-3H3. The van der Waals surface area contributed by atoms with Gasteiger partial charge in [0.05, 0.1) is 17.2 Å². The Kier molecular flexibility index (Phi) is 4.62. The fraction of sp³-hybridized carbons (Fsp3) is 0.615. The van der Waals surface area contributed by atoms with E-state index in [-0.39, 0.29) is 11.0 Å². The molecule has 0 aliphatic carbocycles. The zero-order chi connectivity index (χ0) is 14.0. The molecule has 1 saturated heterocycles. The van der Waals surface area contributed by atoms with E-state index in [0.29, 0.717) is 18.9 Å². The van der Waals surface area contributed by atoms with Gasteiger partial charge in [0.25, 0.3) is 0 Å². The average Bonchev–Trinajstić information content (AvgIpc) is 2.81. The van der Waals surface area contributed by atoms with Gasteiger partial charge in [-0.25, -0.2) is 4.98 Å². The predicted molar refractivity (Wildman–Crippen MR) is 78.3 cm³/mol. The van der Waals surface area contributed by atoms with Crippen LogP contribution in [0.1, 0.15) is 28.9 Å². The molecule has 19 heavy (non-hydrogen) atoms. The molecule has 1 fully saturated rings. The quantitative estimate of drug-likeness (QED) is 0.856. The summed E-state index contributed by atoms with van der Waals surface area (Å²) in [6.45, 7) is 6.97. The van der Waals surface area contributed by atoms with E-state index in [0.717, 1.165) is 23.0 Å². The van der Waals surface area contributed by atoms with Crippen molar-refractivity contribution < 1.29 is 9.59 Å². The Labute approximate surface area is 121 Å². The summed E-state index contributed by atoms with van der Waals surface area (Å²) in [6, 6.07) is 0. The molecule has 1 aromatic rings. The van der Waals surface area contributed by atoms with Crippen molar-refractivity contribution in [2.45, 2.75) is 33.7 Å². The van der Waals surface area contributed by atoms with Gasteiger partial charge in [0.2, 0.25) is 5.91 Å². The van der Waals surface area contributed by atoms with Gasteiger partial charge in [0.15, 0.2) is 5.12 Å². The number of hydrogen-bond donors (Lipinski definition) is 0. The lowest BCUT2D eigenvalue weighted by atomic mass is 10.1. The Balaban J connectivity index is 1.93. The van der Waals surface area contributed by atoms with E-state index in [9.17, 15) is 9.59 Å². The summed E-state index contributed by atoms with van der Waals surface area (Å²) in [5.74, 6) is 1.24. The third kappa shape index (κ3) is 3.79. The number of thioether (sulfide) groups is 1. The first-order valence-electron chi connectivity index (χ1n) is 6.29. The average molecular weight is 298 g/mol. The van der Waals surface area contributed by atoms with Crippen molar-refractivity contribution in [1.29, 1.82) is 0 Å². The van der Waals surface area contributed by atoms with E-state index in [2.05, 4.69) is 4.98 Å². The molecule has 0 saturated carbocycles. The van der Waals surface area contributed by atoms with Crippen LogP contribution in [0, 0.1) is 19.8 Å². The highest BCUT2D eigenvalue weighted by atomic mass is 32.2. The van der Waals surface area contributed by atoms with Gasteiger partial charge in [-0.3, -0.25) is 9.59 Å². The van der Waals surface area contributed by atoms with E-state index < -0.39 is 0 Å². The summed E-state index contributed by atoms with van der Waals surface area (Å²) in [6.07, 6.45) is 0.567. The third-order valence-corrected chi connectivity index (χ3v) is 5.25. The molecule has 0 aromatic carbocycles. The maximum atomic E-state index is 12.0. The van der Waals surface area contributed by atoms with Crippen LogP contribution in [0.5, 0.6) is 0 Å². The Morgan fingerprint density at radius 1 is 1.53 bits per heavy atom. The number of rotatable bonds is 4. The van der Waals surface area contributed by atoms with Gasteiger partial charge in [-0.2, -0.15) is 0 Å². The zero-order valence-electron chi connectivity index (χ0n) is 11.4. The number of aryl methyl sites for hydroxylation is 2. The third-order valence-electron chi connectivity index (χ3n) is 3.15. The molecular weight excluding hydrogens is 280 g/mol. The van der Waals surface area contributed by atoms with Crippen LogP contribution in [0.25, 0.3) is 0 Å². The summed E-state index contributed by atoms with van der Waals surface area (Å²) in [7, 11) is 0. The van der Waals surface area contributed by atoms with Gasteiger partial charge in [-0.1, -0.05) is 11.8 Å². The van der Waals surface area contributed by atoms with E-state index in [1.807, 2.05) is 18.7 Å². The number of hydrogen-bond acceptors (Lipinski definition) is 5. The van der Waals surface area contributed by atoms with Crippen LogP contribution >= 0.6 is 23.1 Å². The smallest absolute Gasteiger partial charge is 0.223 e. The molecule has 2 heterocycles. The number of nitrogens with zero attached hydrogens (tertiary/aromatic N) is 2. The number of thiazole rings is 1. The number of carbonyl (C=O) groups excluding carboxylic acids is 2. The predicted octanol–water partition coefficient (Wildman–Crippen LogP) is 2.39. The number of carbonyl (C=O) groups is 2. The van der Waals surface area contributed by atoms with Crippen LogP contribution in [0.2, 0.25) is 0 Å². The minimum atomic E-state index is 0.125. The molecule has 1 aromatic heterocycles. The molecule has 1 amide bonds. The first-order chi connectivity index (χ1) is 8.95. The van der Waals surface area contributed by atoms with Crippen molar-refractivity contribution >= 4 is 34.1 Å². The molecule has 6 heteroatoms. The lowest BCUT2D eigenvalue weighted by Gasteiger charge is -2.15. The molecule has 1 aliphatic heterocycles. The SMILES string of the molecule is CC(=O)SCC1CC(=O)N(Cc2sc(C)nc2C)C1. The van der Waals surface area contributed by atoms with Crippen molar-refractivity contribution in [3.05, 3.63) is 15.6 Å². The Morgan fingerprint density at radius 3 is 2.84 bits per heavy atom. The summed E-state index contributed by atoms with van der Waals surface area (Å²) in [5, 5.41) is 1.17. The highest BCUT2D eigenvalue weighted by molar-refractivity contribution is 8.13. The molecule has 0 radical (unpaired) electrons. The van der Waals surface area contributed by atoms with Crippen molar-refractivity contribution in [3.63, 3.8) is 0 Å². The van der Waals surface area contributed by atoms with Crippen LogP contribution in [0.4, 0.5) is 0 Å². The molecule has 4 nitrogen and oxygen atoms in total. The van der Waals surface area contributed by atoms with Crippen molar-refractivity contribution in [2.75, 3.05) is 12.3 Å². The van der Waals surface area contributed by atoms with Gasteiger partial charge in [0.1, 0.15) is 0 Å². The first-order valence-corrected chi connectivity index (χ1v) is 8.10. The van der Waals surface area contributed by atoms with E-state index >= 15 is 0 Å². The van der Waals surface area contributed by atoms with Crippen LogP contribution in [-0.2, 0) is 16.1 Å². The minimum absolute atomic E-state index is 0.125. The zero-order valence-corrected chi connectivity index (χ0v) is 13.1. The topological polar surface area (TPSA) is 50.3 Å². The fourth-order valence-electron chi connectivity index (χ4n) is 2.25. The summed E-state index contributed by atoms with van der Waals surface area (Å²) in [5.41, 5.74) is 1.02. The van der Waals surface area contributed by atoms with Crippen molar-refractivity contribution in [1.82, 2.24) is 9.88 Å². The van der Waals surface area contributed by atoms with Gasteiger partial charge < -0.3 is 4.90 Å². The van der Waals surface area contributed by atoms with Crippen LogP contribution in [0.3, 0.4) is 0 Å². The molecule has 1 aliphatic rings. The molecule has 0 bridgehead atoms. The lowest BCUT2D eigenvalue weighted by molar-refractivity contribution is -0.128. The monoisotopic (exact) mass is 298 g/mol. The van der Waals surface area contributed by atoms with Crippen molar-refractivity contribution in [2.24, 2.45) is 5.92 Å². The fourth-order valence-corrected chi connectivity index (χ4v) is 3.89. The van der Waals surface area contributed by atoms with E-state index in [1.165, 1.54) is 16.6 Å². The minimum Gasteiger partial charge on any atom is -0.337 e. The second-order valence-electron chi connectivity index (χ2n) is 4.89. The first kappa shape index (κ1) is 14.5. The molecule has 1 unspecified atom stereocenters. The molecule has 2 rings (SSSR count). The van der Waals surface area contributed by atoms with Gasteiger partial charge >= 0.3 is 0 Å². The van der Waals surface area contributed by atoms with Gasteiger partial charge in [0, 0.05) is 30.5 Å². The normalized spacial score (nSPS) is 19.2. The highest BCUT2D eigenvalue weighted by Gasteiger charge is 2.30. The van der Waals surface area contributed by atoms with Crippen molar-refractivity contribution in [3.8, 4) is 0 Å². The summed E-state index contributed by atoms with van der Waals surface area (Å²) < 4.78 is 0.